The summed E-state index contributed by atoms with van der Waals surface area (Å²) in [4.78, 5) is 15.6. The number of anilines is 1. The van der Waals surface area contributed by atoms with E-state index >= 15 is 0 Å². The second-order valence-electron chi connectivity index (χ2n) is 5.12. The fourth-order valence-corrected chi connectivity index (χ4v) is 2.92. The third kappa shape index (κ3) is 2.47. The molecule has 0 bridgehead atoms. The van der Waals surface area contributed by atoms with Crippen molar-refractivity contribution in [1.82, 2.24) is 4.98 Å². The summed E-state index contributed by atoms with van der Waals surface area (Å²) >= 11 is 0. The van der Waals surface area contributed by atoms with Gasteiger partial charge in [-0.25, -0.2) is 4.98 Å². The van der Waals surface area contributed by atoms with Crippen molar-refractivity contribution in [1.29, 1.82) is 0 Å². The summed E-state index contributed by atoms with van der Waals surface area (Å²) in [5, 5.41) is 3.39. The van der Waals surface area contributed by atoms with Gasteiger partial charge < -0.3 is 11.1 Å². The highest BCUT2D eigenvalue weighted by atomic mass is 16.1. The Balaban J connectivity index is 2.13. The van der Waals surface area contributed by atoms with Crippen molar-refractivity contribution < 1.29 is 4.79 Å². The number of hydrogen-bond donors (Lipinski definition) is 2. The molecule has 3 N–H and O–H groups in total. The van der Waals surface area contributed by atoms with Gasteiger partial charge in [0.1, 0.15) is 5.82 Å². The fraction of sp³-hybridized carbons (Fsp3) is 0.571. The largest absolute Gasteiger partial charge is 0.366 e. The van der Waals surface area contributed by atoms with Crippen LogP contribution in [0.25, 0.3) is 0 Å². The number of aromatic nitrogens is 1. The van der Waals surface area contributed by atoms with Gasteiger partial charge in [-0.05, 0) is 36.8 Å². The molecule has 4 heteroatoms. The average molecular weight is 247 g/mol. The van der Waals surface area contributed by atoms with Crippen molar-refractivity contribution in [2.24, 2.45) is 17.6 Å². The lowest BCUT2D eigenvalue weighted by Crippen LogP contribution is -2.27. The van der Waals surface area contributed by atoms with Gasteiger partial charge in [0, 0.05) is 12.2 Å². The molecule has 1 saturated carbocycles. The summed E-state index contributed by atoms with van der Waals surface area (Å²) in [6.45, 7) is 4.50. The van der Waals surface area contributed by atoms with Crippen LogP contribution in [0.3, 0.4) is 0 Å². The lowest BCUT2D eigenvalue weighted by Gasteiger charge is -2.22. The zero-order valence-electron chi connectivity index (χ0n) is 11.0. The highest BCUT2D eigenvalue weighted by molar-refractivity contribution is 5.97. The van der Waals surface area contributed by atoms with Crippen LogP contribution < -0.4 is 11.1 Å². The summed E-state index contributed by atoms with van der Waals surface area (Å²) in [6.07, 6.45) is 5.28. The van der Waals surface area contributed by atoms with Crippen molar-refractivity contribution in [2.45, 2.75) is 39.2 Å². The van der Waals surface area contributed by atoms with Crippen molar-refractivity contribution in [3.8, 4) is 0 Å². The van der Waals surface area contributed by atoms with E-state index < -0.39 is 5.91 Å². The van der Waals surface area contributed by atoms with Crippen LogP contribution >= 0.6 is 0 Å². The van der Waals surface area contributed by atoms with Crippen molar-refractivity contribution in [2.75, 3.05) is 5.32 Å². The molecule has 1 amide bonds. The van der Waals surface area contributed by atoms with Crippen molar-refractivity contribution >= 4 is 11.7 Å². The van der Waals surface area contributed by atoms with Gasteiger partial charge in [0.25, 0.3) is 5.91 Å². The quantitative estimate of drug-likeness (QED) is 0.858. The van der Waals surface area contributed by atoms with E-state index in [0.29, 0.717) is 23.3 Å². The number of hydrogen-bond acceptors (Lipinski definition) is 3. The van der Waals surface area contributed by atoms with Gasteiger partial charge in [0.05, 0.1) is 5.56 Å². The number of primary amides is 1. The molecule has 1 aliphatic carbocycles. The van der Waals surface area contributed by atoms with E-state index in [9.17, 15) is 4.79 Å². The summed E-state index contributed by atoms with van der Waals surface area (Å²) < 4.78 is 0. The van der Waals surface area contributed by atoms with Crippen LogP contribution in [0.1, 0.15) is 43.5 Å². The molecule has 0 aromatic carbocycles. The Kier molecular flexibility index (Phi) is 3.84. The molecule has 1 aromatic heterocycles. The number of nitrogens with two attached hydrogens (primary N) is 1. The number of rotatable bonds is 4. The van der Waals surface area contributed by atoms with Crippen LogP contribution in [0.2, 0.25) is 0 Å². The number of nitrogens with zero attached hydrogens (tertiary/aromatic N) is 1. The van der Waals surface area contributed by atoms with Gasteiger partial charge >= 0.3 is 0 Å². The van der Waals surface area contributed by atoms with Crippen LogP contribution in [0.5, 0.6) is 0 Å². The molecular formula is C14H21N3O. The van der Waals surface area contributed by atoms with E-state index in [0.717, 1.165) is 12.3 Å². The van der Waals surface area contributed by atoms with Gasteiger partial charge in [-0.1, -0.05) is 20.3 Å². The molecule has 0 spiro atoms. The Morgan fingerprint density at radius 2 is 2.33 bits per heavy atom. The van der Waals surface area contributed by atoms with Crippen molar-refractivity contribution in [3.05, 3.63) is 23.9 Å². The number of carbonyl (C=O) groups is 1. The molecular weight excluding hydrogens is 226 g/mol. The Hall–Kier alpha value is -1.58. The molecule has 1 aliphatic rings. The highest BCUT2D eigenvalue weighted by Crippen LogP contribution is 2.35. The first-order valence-corrected chi connectivity index (χ1v) is 6.64. The predicted molar refractivity (Wildman–Crippen MR) is 72.3 cm³/mol. The monoisotopic (exact) mass is 247 g/mol. The smallest absolute Gasteiger partial charge is 0.252 e. The molecule has 1 aromatic rings. The SMILES string of the molecule is CCC1CCC(Nc2ncccc2C(N)=O)C1C. The molecule has 98 valence electrons. The van der Waals surface area contributed by atoms with Crippen LogP contribution in [-0.2, 0) is 0 Å². The maximum atomic E-state index is 11.3. The predicted octanol–water partition coefficient (Wildman–Crippen LogP) is 2.42. The minimum atomic E-state index is -0.428. The molecule has 3 atom stereocenters. The molecule has 3 unspecified atom stereocenters. The molecule has 18 heavy (non-hydrogen) atoms. The second-order valence-corrected chi connectivity index (χ2v) is 5.12. The normalized spacial score (nSPS) is 27.1. The summed E-state index contributed by atoms with van der Waals surface area (Å²) in [5.74, 6) is 1.57. The molecule has 1 heterocycles. The van der Waals surface area contributed by atoms with E-state index in [-0.39, 0.29) is 0 Å². The van der Waals surface area contributed by atoms with Gasteiger partial charge in [-0.2, -0.15) is 0 Å². The van der Waals surface area contributed by atoms with Crippen LogP contribution in [0.15, 0.2) is 18.3 Å². The second kappa shape index (κ2) is 5.38. The van der Waals surface area contributed by atoms with Gasteiger partial charge in [0.15, 0.2) is 0 Å². The molecule has 4 nitrogen and oxygen atoms in total. The Morgan fingerprint density at radius 3 is 2.94 bits per heavy atom. The van der Waals surface area contributed by atoms with Crippen molar-refractivity contribution in [3.63, 3.8) is 0 Å². The molecule has 0 aliphatic heterocycles. The average Bonchev–Trinajstić information content (AvgIpc) is 2.71. The first kappa shape index (κ1) is 12.9. The topological polar surface area (TPSA) is 68.0 Å². The summed E-state index contributed by atoms with van der Waals surface area (Å²) in [7, 11) is 0. The first-order valence-electron chi connectivity index (χ1n) is 6.64. The highest BCUT2D eigenvalue weighted by Gasteiger charge is 2.32. The standard InChI is InChI=1S/C14H21N3O/c1-3-10-6-7-12(9(10)2)17-14-11(13(15)18)5-4-8-16-14/h4-5,8-10,12H,3,6-7H2,1-2H3,(H2,15,18)(H,16,17). The maximum Gasteiger partial charge on any atom is 0.252 e. The minimum absolute atomic E-state index is 0.392. The summed E-state index contributed by atoms with van der Waals surface area (Å²) in [6, 6.07) is 3.84. The van der Waals surface area contributed by atoms with E-state index in [1.54, 1.807) is 18.3 Å². The van der Waals surface area contributed by atoms with Crippen LogP contribution in [0, 0.1) is 11.8 Å². The lowest BCUT2D eigenvalue weighted by atomic mass is 9.93. The third-order valence-electron chi connectivity index (χ3n) is 4.15. The van der Waals surface area contributed by atoms with E-state index in [1.165, 1.54) is 12.8 Å². The molecule has 2 rings (SSSR count). The Morgan fingerprint density at radius 1 is 1.56 bits per heavy atom. The summed E-state index contributed by atoms with van der Waals surface area (Å²) in [5.41, 5.74) is 5.83. The molecule has 0 radical (unpaired) electrons. The van der Waals surface area contributed by atoms with Gasteiger partial charge in [-0.15, -0.1) is 0 Å². The zero-order valence-corrected chi connectivity index (χ0v) is 11.0. The maximum absolute atomic E-state index is 11.3. The van der Waals surface area contributed by atoms with Crippen LogP contribution in [0.4, 0.5) is 5.82 Å². The Labute approximate surface area is 108 Å². The lowest BCUT2D eigenvalue weighted by molar-refractivity contribution is 0.100. The van der Waals surface area contributed by atoms with Crippen LogP contribution in [-0.4, -0.2) is 16.9 Å². The fourth-order valence-electron chi connectivity index (χ4n) is 2.92. The number of pyridine rings is 1. The molecule has 1 fully saturated rings. The number of nitrogens with one attached hydrogen (secondary N) is 1. The van der Waals surface area contributed by atoms with Gasteiger partial charge in [-0.3, -0.25) is 4.79 Å². The third-order valence-corrected chi connectivity index (χ3v) is 4.15. The zero-order chi connectivity index (χ0) is 13.1. The molecule has 0 saturated heterocycles. The van der Waals surface area contributed by atoms with Gasteiger partial charge in [0.2, 0.25) is 0 Å². The number of amides is 1. The van der Waals surface area contributed by atoms with E-state index in [2.05, 4.69) is 24.1 Å². The first-order chi connectivity index (χ1) is 8.63. The van der Waals surface area contributed by atoms with E-state index in [4.69, 9.17) is 5.73 Å². The Bertz CT molecular complexity index is 433. The minimum Gasteiger partial charge on any atom is -0.366 e. The van der Waals surface area contributed by atoms with E-state index in [1.807, 2.05) is 0 Å². The number of carbonyl (C=O) groups excluding carboxylic acids is 1.